The summed E-state index contributed by atoms with van der Waals surface area (Å²) in [7, 11) is 1.59. The van der Waals surface area contributed by atoms with Crippen LogP contribution in [0.15, 0.2) is 31.1 Å². The molecule has 0 aromatic carbocycles. The summed E-state index contributed by atoms with van der Waals surface area (Å²) in [5.41, 5.74) is 0. The summed E-state index contributed by atoms with van der Waals surface area (Å²) in [5, 5.41) is 3.41. The van der Waals surface area contributed by atoms with E-state index in [1.165, 1.54) is 6.33 Å². The van der Waals surface area contributed by atoms with E-state index in [0.29, 0.717) is 11.8 Å². The van der Waals surface area contributed by atoms with Gasteiger partial charge in [0.1, 0.15) is 12.1 Å². The predicted octanol–water partition coefficient (Wildman–Crippen LogP) is 1.82. The van der Waals surface area contributed by atoms with Crippen molar-refractivity contribution in [2.75, 3.05) is 12.4 Å². The number of anilines is 1. The van der Waals surface area contributed by atoms with Gasteiger partial charge in [-0.3, -0.25) is 0 Å². The molecule has 1 N–H and O–H groups in total. The molecule has 1 atom stereocenters. The quantitative estimate of drug-likeness (QED) is 0.859. The summed E-state index contributed by atoms with van der Waals surface area (Å²) in [6.07, 6.45) is 7.05. The van der Waals surface area contributed by atoms with Crippen LogP contribution in [0.2, 0.25) is 0 Å². The van der Waals surface area contributed by atoms with Crippen LogP contribution in [0.5, 0.6) is 5.88 Å². The molecule has 2 rings (SSSR count). The molecule has 0 fully saturated rings. The molecule has 102 valence electrons. The van der Waals surface area contributed by atoms with Gasteiger partial charge in [0.15, 0.2) is 0 Å². The second kappa shape index (κ2) is 6.17. The third-order valence-electron chi connectivity index (χ3n) is 2.96. The lowest BCUT2D eigenvalue weighted by molar-refractivity contribution is 0.396. The summed E-state index contributed by atoms with van der Waals surface area (Å²) < 4.78 is 7.15. The van der Waals surface area contributed by atoms with Crippen molar-refractivity contribution < 1.29 is 4.74 Å². The first-order valence-electron chi connectivity index (χ1n) is 6.27. The van der Waals surface area contributed by atoms with Crippen molar-refractivity contribution in [3.8, 4) is 5.88 Å². The van der Waals surface area contributed by atoms with Gasteiger partial charge >= 0.3 is 0 Å². The van der Waals surface area contributed by atoms with Crippen LogP contribution in [0.3, 0.4) is 0 Å². The molecule has 2 aromatic heterocycles. The Morgan fingerprint density at radius 3 is 2.84 bits per heavy atom. The Hall–Kier alpha value is -2.11. The Bertz CT molecular complexity index is 497. The fourth-order valence-corrected chi connectivity index (χ4v) is 1.76. The largest absolute Gasteiger partial charge is 0.481 e. The van der Waals surface area contributed by atoms with Gasteiger partial charge in [-0.25, -0.2) is 15.0 Å². The first kappa shape index (κ1) is 13.3. The normalized spacial score (nSPS) is 12.4. The molecule has 0 aliphatic rings. The maximum Gasteiger partial charge on any atom is 0.218 e. The average molecular weight is 261 g/mol. The third-order valence-corrected chi connectivity index (χ3v) is 2.96. The number of hydrogen-bond acceptors (Lipinski definition) is 5. The molecule has 0 radical (unpaired) electrons. The third kappa shape index (κ3) is 3.67. The van der Waals surface area contributed by atoms with Gasteiger partial charge < -0.3 is 14.6 Å². The van der Waals surface area contributed by atoms with E-state index in [9.17, 15) is 0 Å². The SMILES string of the molecule is COc1cc(N[C@H](Cn2ccnc2)C(C)C)ncn1. The van der Waals surface area contributed by atoms with Crippen LogP contribution in [-0.2, 0) is 6.54 Å². The van der Waals surface area contributed by atoms with Crippen LogP contribution in [0.1, 0.15) is 13.8 Å². The first-order valence-corrected chi connectivity index (χ1v) is 6.27. The van der Waals surface area contributed by atoms with Crippen LogP contribution >= 0.6 is 0 Å². The topological polar surface area (TPSA) is 64.9 Å². The molecule has 0 unspecified atom stereocenters. The number of imidazole rings is 1. The lowest BCUT2D eigenvalue weighted by Crippen LogP contribution is -2.30. The molecule has 0 aliphatic carbocycles. The Morgan fingerprint density at radius 1 is 1.37 bits per heavy atom. The number of ether oxygens (including phenoxy) is 1. The number of methoxy groups -OCH3 is 1. The minimum atomic E-state index is 0.258. The van der Waals surface area contributed by atoms with Gasteiger partial charge in [0, 0.05) is 31.0 Å². The minimum absolute atomic E-state index is 0.258. The fourth-order valence-electron chi connectivity index (χ4n) is 1.76. The van der Waals surface area contributed by atoms with Crippen molar-refractivity contribution in [1.29, 1.82) is 0 Å². The van der Waals surface area contributed by atoms with Gasteiger partial charge in [0.2, 0.25) is 5.88 Å². The fraction of sp³-hybridized carbons (Fsp3) is 0.462. The Labute approximate surface area is 112 Å². The zero-order valence-corrected chi connectivity index (χ0v) is 11.4. The molecule has 0 saturated heterocycles. The number of aromatic nitrogens is 4. The lowest BCUT2D eigenvalue weighted by Gasteiger charge is -2.23. The van der Waals surface area contributed by atoms with Crippen molar-refractivity contribution >= 4 is 5.82 Å². The van der Waals surface area contributed by atoms with Gasteiger partial charge in [-0.1, -0.05) is 13.8 Å². The van der Waals surface area contributed by atoms with Gasteiger partial charge in [0.25, 0.3) is 0 Å². The van der Waals surface area contributed by atoms with Gasteiger partial charge in [0.05, 0.1) is 13.4 Å². The van der Waals surface area contributed by atoms with Crippen molar-refractivity contribution in [3.63, 3.8) is 0 Å². The summed E-state index contributed by atoms with van der Waals surface area (Å²) in [4.78, 5) is 12.3. The van der Waals surface area contributed by atoms with Crippen LogP contribution in [-0.4, -0.2) is 32.7 Å². The first-order chi connectivity index (χ1) is 9.19. The molecular weight excluding hydrogens is 242 g/mol. The van der Waals surface area contributed by atoms with E-state index in [0.717, 1.165) is 12.4 Å². The van der Waals surface area contributed by atoms with E-state index in [-0.39, 0.29) is 6.04 Å². The average Bonchev–Trinajstić information content (AvgIpc) is 2.91. The van der Waals surface area contributed by atoms with Crippen LogP contribution in [0.4, 0.5) is 5.82 Å². The number of nitrogens with one attached hydrogen (secondary N) is 1. The molecule has 19 heavy (non-hydrogen) atoms. The van der Waals surface area contributed by atoms with E-state index in [2.05, 4.69) is 38.7 Å². The standard InChI is InChI=1S/C13H19N5O/c1-10(2)11(7-18-5-4-14-9-18)17-12-6-13(19-3)16-8-15-12/h4-6,8-11H,7H2,1-3H3,(H,15,16,17)/t11-/m1/s1. The van der Waals surface area contributed by atoms with Gasteiger partial charge in [-0.2, -0.15) is 0 Å². The second-order valence-corrected chi connectivity index (χ2v) is 4.70. The molecule has 2 heterocycles. The molecule has 0 bridgehead atoms. The smallest absolute Gasteiger partial charge is 0.218 e. The molecule has 0 spiro atoms. The molecule has 2 aromatic rings. The molecule has 0 amide bonds. The molecule has 6 heteroatoms. The highest BCUT2D eigenvalue weighted by atomic mass is 16.5. The maximum atomic E-state index is 5.10. The summed E-state index contributed by atoms with van der Waals surface area (Å²) in [5.74, 6) is 1.79. The maximum absolute atomic E-state index is 5.10. The highest BCUT2D eigenvalue weighted by molar-refractivity contribution is 5.38. The van der Waals surface area contributed by atoms with Crippen molar-refractivity contribution in [1.82, 2.24) is 19.5 Å². The predicted molar refractivity (Wildman–Crippen MR) is 73.1 cm³/mol. The summed E-state index contributed by atoms with van der Waals surface area (Å²) in [6, 6.07) is 2.05. The van der Waals surface area contributed by atoms with E-state index in [4.69, 9.17) is 4.74 Å². The van der Waals surface area contributed by atoms with Crippen LogP contribution in [0, 0.1) is 5.92 Å². The van der Waals surface area contributed by atoms with Crippen molar-refractivity contribution in [3.05, 3.63) is 31.1 Å². The van der Waals surface area contributed by atoms with Gasteiger partial charge in [-0.15, -0.1) is 0 Å². The zero-order chi connectivity index (χ0) is 13.7. The summed E-state index contributed by atoms with van der Waals surface area (Å²) in [6.45, 7) is 5.18. The number of rotatable bonds is 6. The highest BCUT2D eigenvalue weighted by Gasteiger charge is 2.14. The molecule has 0 saturated carbocycles. The van der Waals surface area contributed by atoms with Crippen LogP contribution < -0.4 is 10.1 Å². The van der Waals surface area contributed by atoms with Crippen molar-refractivity contribution in [2.45, 2.75) is 26.4 Å². The number of hydrogen-bond donors (Lipinski definition) is 1. The monoisotopic (exact) mass is 261 g/mol. The molecule has 0 aliphatic heterocycles. The van der Waals surface area contributed by atoms with E-state index < -0.39 is 0 Å². The van der Waals surface area contributed by atoms with E-state index in [1.54, 1.807) is 19.4 Å². The Kier molecular flexibility index (Phi) is 4.33. The van der Waals surface area contributed by atoms with E-state index >= 15 is 0 Å². The molecule has 6 nitrogen and oxygen atoms in total. The van der Waals surface area contributed by atoms with Crippen molar-refractivity contribution in [2.24, 2.45) is 5.92 Å². The highest BCUT2D eigenvalue weighted by Crippen LogP contribution is 2.15. The summed E-state index contributed by atoms with van der Waals surface area (Å²) >= 11 is 0. The van der Waals surface area contributed by atoms with E-state index in [1.807, 2.05) is 12.5 Å². The minimum Gasteiger partial charge on any atom is -0.481 e. The second-order valence-electron chi connectivity index (χ2n) is 4.70. The zero-order valence-electron chi connectivity index (χ0n) is 11.4. The van der Waals surface area contributed by atoms with Crippen LogP contribution in [0.25, 0.3) is 0 Å². The Balaban J connectivity index is 2.07. The lowest BCUT2D eigenvalue weighted by atomic mass is 10.0. The van der Waals surface area contributed by atoms with Gasteiger partial charge in [-0.05, 0) is 5.92 Å². The molecular formula is C13H19N5O. The Morgan fingerprint density at radius 2 is 2.21 bits per heavy atom. The number of nitrogens with zero attached hydrogens (tertiary/aromatic N) is 4.